The molecule has 2 aliphatic heterocycles. The van der Waals surface area contributed by atoms with Gasteiger partial charge in [0.1, 0.15) is 12.7 Å². The van der Waals surface area contributed by atoms with Gasteiger partial charge in [-0.15, -0.1) is 0 Å². The molecule has 4 heterocycles. The van der Waals surface area contributed by atoms with Crippen molar-refractivity contribution in [2.75, 3.05) is 13.1 Å². The fourth-order valence-corrected chi connectivity index (χ4v) is 4.21. The van der Waals surface area contributed by atoms with Crippen LogP contribution < -0.4 is 0 Å². The third kappa shape index (κ3) is 2.90. The third-order valence-electron chi connectivity index (χ3n) is 5.18. The van der Waals surface area contributed by atoms with Crippen LogP contribution in [0.2, 0.25) is 0 Å². The second-order valence-electron chi connectivity index (χ2n) is 6.68. The average Bonchev–Trinajstić information content (AvgIpc) is 3.34. The van der Waals surface area contributed by atoms with Crippen molar-refractivity contribution in [3.63, 3.8) is 0 Å². The van der Waals surface area contributed by atoms with Gasteiger partial charge in [0.25, 0.3) is 5.91 Å². The van der Waals surface area contributed by atoms with Crippen molar-refractivity contribution in [2.45, 2.75) is 38.4 Å². The molecule has 9 nitrogen and oxygen atoms in total. The maximum Gasteiger partial charge on any atom is 0.292 e. The molecule has 2 saturated heterocycles. The number of amides is 2. The van der Waals surface area contributed by atoms with Crippen LogP contribution in [0.1, 0.15) is 30.3 Å². The molecule has 0 bridgehead atoms. The van der Waals surface area contributed by atoms with E-state index in [0.717, 1.165) is 12.8 Å². The molecule has 9 heteroatoms. The van der Waals surface area contributed by atoms with Gasteiger partial charge in [0.05, 0.1) is 18.8 Å². The van der Waals surface area contributed by atoms with E-state index >= 15 is 0 Å². The van der Waals surface area contributed by atoms with Gasteiger partial charge in [-0.25, -0.2) is 4.98 Å². The van der Waals surface area contributed by atoms with Crippen LogP contribution in [0.3, 0.4) is 0 Å². The fraction of sp³-hybridized carbons (Fsp3) is 0.562. The summed E-state index contributed by atoms with van der Waals surface area (Å²) >= 11 is 0. The Kier molecular flexibility index (Phi) is 3.98. The van der Waals surface area contributed by atoms with E-state index in [1.807, 2.05) is 4.90 Å². The standard InChI is InChI=1S/C16H20N6O3/c1-11(23)22-13(8-21-10-17-9-18-21)6-12-7-20(5-3-14(12)22)16(24)15-2-4-19-25-15/h2,4,9-10,12-14H,3,5-8H2,1H3/t12-,13+,14+/m1/s1. The van der Waals surface area contributed by atoms with E-state index in [4.69, 9.17) is 4.52 Å². The normalized spacial score (nSPS) is 25.9. The molecule has 0 aromatic carbocycles. The minimum atomic E-state index is -0.134. The Bertz CT molecular complexity index is 744. The van der Waals surface area contributed by atoms with Gasteiger partial charge < -0.3 is 14.3 Å². The van der Waals surface area contributed by atoms with Crippen LogP contribution >= 0.6 is 0 Å². The summed E-state index contributed by atoms with van der Waals surface area (Å²) in [4.78, 5) is 32.5. The highest BCUT2D eigenvalue weighted by molar-refractivity contribution is 5.91. The second kappa shape index (κ2) is 6.30. The molecule has 0 radical (unpaired) electrons. The number of rotatable bonds is 3. The first-order valence-electron chi connectivity index (χ1n) is 8.44. The quantitative estimate of drug-likeness (QED) is 0.800. The van der Waals surface area contributed by atoms with Crippen molar-refractivity contribution in [3.8, 4) is 0 Å². The van der Waals surface area contributed by atoms with Crippen LogP contribution in [0, 0.1) is 5.92 Å². The van der Waals surface area contributed by atoms with E-state index in [1.165, 1.54) is 12.5 Å². The van der Waals surface area contributed by atoms with Gasteiger partial charge in [-0.05, 0) is 18.8 Å². The Morgan fingerprint density at radius 1 is 1.40 bits per heavy atom. The van der Waals surface area contributed by atoms with Crippen LogP contribution in [0.15, 0.2) is 29.4 Å². The van der Waals surface area contributed by atoms with Gasteiger partial charge in [-0.2, -0.15) is 5.10 Å². The molecule has 2 aliphatic rings. The number of piperidine rings is 1. The summed E-state index contributed by atoms with van der Waals surface area (Å²) in [5.41, 5.74) is 0. The first-order chi connectivity index (χ1) is 12.1. The molecule has 0 spiro atoms. The van der Waals surface area contributed by atoms with Crippen LogP contribution in [-0.2, 0) is 11.3 Å². The monoisotopic (exact) mass is 344 g/mol. The summed E-state index contributed by atoms with van der Waals surface area (Å²) in [5, 5.41) is 7.75. The predicted octanol–water partition coefficient (Wildman–Crippen LogP) is 0.418. The first-order valence-corrected chi connectivity index (χ1v) is 8.44. The zero-order chi connectivity index (χ0) is 17.4. The van der Waals surface area contributed by atoms with E-state index in [-0.39, 0.29) is 35.6 Å². The number of carbonyl (C=O) groups excluding carboxylic acids is 2. The Balaban J connectivity index is 1.49. The number of fused-ring (bicyclic) bond motifs is 1. The molecule has 2 aromatic heterocycles. The van der Waals surface area contributed by atoms with Gasteiger partial charge in [0.2, 0.25) is 11.7 Å². The highest BCUT2D eigenvalue weighted by Crippen LogP contribution is 2.36. The molecule has 25 heavy (non-hydrogen) atoms. The molecule has 4 rings (SSSR count). The van der Waals surface area contributed by atoms with Crippen molar-refractivity contribution in [1.29, 1.82) is 0 Å². The highest BCUT2D eigenvalue weighted by atomic mass is 16.5. The minimum absolute atomic E-state index is 0.0765. The third-order valence-corrected chi connectivity index (χ3v) is 5.18. The molecule has 0 N–H and O–H groups in total. The highest BCUT2D eigenvalue weighted by Gasteiger charge is 2.46. The molecule has 0 unspecified atom stereocenters. The van der Waals surface area contributed by atoms with Crippen LogP contribution in [0.25, 0.3) is 0 Å². The van der Waals surface area contributed by atoms with Crippen molar-refractivity contribution < 1.29 is 14.1 Å². The molecular formula is C16H20N6O3. The summed E-state index contributed by atoms with van der Waals surface area (Å²) in [6, 6.07) is 1.83. The van der Waals surface area contributed by atoms with Gasteiger partial charge in [0.15, 0.2) is 0 Å². The topological polar surface area (TPSA) is 97.4 Å². The van der Waals surface area contributed by atoms with Gasteiger partial charge in [-0.3, -0.25) is 14.3 Å². The lowest BCUT2D eigenvalue weighted by atomic mass is 9.92. The van der Waals surface area contributed by atoms with Crippen molar-refractivity contribution in [1.82, 2.24) is 29.7 Å². The van der Waals surface area contributed by atoms with E-state index in [1.54, 1.807) is 28.9 Å². The first kappa shape index (κ1) is 15.8. The largest absolute Gasteiger partial charge is 0.351 e. The van der Waals surface area contributed by atoms with Gasteiger partial charge in [0, 0.05) is 32.1 Å². The number of hydrogen-bond donors (Lipinski definition) is 0. The Morgan fingerprint density at radius 2 is 2.28 bits per heavy atom. The maximum atomic E-state index is 12.5. The Hall–Kier alpha value is -2.71. The van der Waals surface area contributed by atoms with E-state index in [2.05, 4.69) is 15.2 Å². The van der Waals surface area contributed by atoms with Gasteiger partial charge >= 0.3 is 0 Å². The van der Waals surface area contributed by atoms with Crippen LogP contribution in [0.4, 0.5) is 0 Å². The molecule has 3 atom stereocenters. The number of carbonyl (C=O) groups is 2. The lowest BCUT2D eigenvalue weighted by Crippen LogP contribution is -2.50. The molecule has 0 saturated carbocycles. The zero-order valence-electron chi connectivity index (χ0n) is 14.0. The van der Waals surface area contributed by atoms with Crippen molar-refractivity contribution in [2.24, 2.45) is 5.92 Å². The number of hydrogen-bond acceptors (Lipinski definition) is 6. The van der Waals surface area contributed by atoms with Crippen molar-refractivity contribution in [3.05, 3.63) is 30.7 Å². The van der Waals surface area contributed by atoms with E-state index in [9.17, 15) is 9.59 Å². The average molecular weight is 344 g/mol. The number of nitrogens with zero attached hydrogens (tertiary/aromatic N) is 6. The molecule has 2 fully saturated rings. The molecule has 132 valence electrons. The van der Waals surface area contributed by atoms with E-state index in [0.29, 0.717) is 19.6 Å². The fourth-order valence-electron chi connectivity index (χ4n) is 4.21. The maximum absolute atomic E-state index is 12.5. The number of likely N-dealkylation sites (tertiary alicyclic amines) is 2. The molecule has 2 aromatic rings. The smallest absolute Gasteiger partial charge is 0.292 e. The van der Waals surface area contributed by atoms with Crippen LogP contribution in [0.5, 0.6) is 0 Å². The Labute approximate surface area is 144 Å². The summed E-state index contributed by atoms with van der Waals surface area (Å²) < 4.78 is 6.75. The molecular weight excluding hydrogens is 324 g/mol. The SMILES string of the molecule is CC(=O)N1[C@H](Cn2cncn2)C[C@@H]2CN(C(=O)c3ccno3)CC[C@@H]21. The molecule has 2 amide bonds. The molecule has 0 aliphatic carbocycles. The summed E-state index contributed by atoms with van der Waals surface area (Å²) in [6.45, 7) is 3.48. The van der Waals surface area contributed by atoms with Crippen molar-refractivity contribution >= 4 is 11.8 Å². The van der Waals surface area contributed by atoms with E-state index < -0.39 is 0 Å². The minimum Gasteiger partial charge on any atom is -0.351 e. The number of aromatic nitrogens is 4. The van der Waals surface area contributed by atoms with Crippen LogP contribution in [-0.4, -0.2) is 66.7 Å². The lowest BCUT2D eigenvalue weighted by molar-refractivity contribution is -0.132. The summed E-state index contributed by atoms with van der Waals surface area (Å²) in [6.07, 6.45) is 6.27. The predicted molar refractivity (Wildman–Crippen MR) is 85.2 cm³/mol. The second-order valence-corrected chi connectivity index (χ2v) is 6.68. The van der Waals surface area contributed by atoms with Gasteiger partial charge in [-0.1, -0.05) is 5.16 Å². The Morgan fingerprint density at radius 3 is 2.96 bits per heavy atom. The summed E-state index contributed by atoms with van der Waals surface area (Å²) in [7, 11) is 0. The lowest BCUT2D eigenvalue weighted by Gasteiger charge is -2.38. The summed E-state index contributed by atoms with van der Waals surface area (Å²) in [5.74, 6) is 0.467. The zero-order valence-corrected chi connectivity index (χ0v) is 14.0.